The number of amides is 2. The second-order valence-corrected chi connectivity index (χ2v) is 5.03. The summed E-state index contributed by atoms with van der Waals surface area (Å²) >= 11 is 0. The highest BCUT2D eigenvalue weighted by Crippen LogP contribution is 2.29. The number of hydrogen-bond donors (Lipinski definition) is 1. The van der Waals surface area contributed by atoms with Gasteiger partial charge in [-0.3, -0.25) is 0 Å². The van der Waals surface area contributed by atoms with Crippen molar-refractivity contribution in [2.24, 2.45) is 5.92 Å². The molecule has 1 unspecified atom stereocenters. The van der Waals surface area contributed by atoms with Gasteiger partial charge in [0.05, 0.1) is 19.3 Å². The highest BCUT2D eigenvalue weighted by molar-refractivity contribution is 5.74. The monoisotopic (exact) mass is 298 g/mol. The average molecular weight is 298 g/mol. The Morgan fingerprint density at radius 3 is 2.38 bits per heavy atom. The van der Waals surface area contributed by atoms with Crippen LogP contribution in [0.4, 0.5) is 9.59 Å². The van der Waals surface area contributed by atoms with Gasteiger partial charge in [0.25, 0.3) is 0 Å². The van der Waals surface area contributed by atoms with Crippen LogP contribution >= 0.6 is 0 Å². The van der Waals surface area contributed by atoms with Crippen molar-refractivity contribution in [1.82, 2.24) is 10.4 Å². The van der Waals surface area contributed by atoms with E-state index in [1.165, 1.54) is 11.4 Å². The molecule has 1 fully saturated rings. The molecule has 0 radical (unpaired) electrons. The smallest absolute Gasteiger partial charge is 0.429 e. The minimum absolute atomic E-state index is 0.241. The Labute approximate surface area is 126 Å². The van der Waals surface area contributed by atoms with Crippen LogP contribution in [0.25, 0.3) is 0 Å². The topological polar surface area (TPSA) is 67.9 Å². The van der Waals surface area contributed by atoms with E-state index in [0.29, 0.717) is 0 Å². The molecule has 1 saturated carbocycles. The third-order valence-corrected chi connectivity index (χ3v) is 3.62. The van der Waals surface area contributed by atoms with E-state index in [1.54, 1.807) is 19.9 Å². The molecule has 120 valence electrons. The zero-order valence-corrected chi connectivity index (χ0v) is 13.0. The van der Waals surface area contributed by atoms with Crippen molar-refractivity contribution >= 4 is 12.2 Å². The first kappa shape index (κ1) is 17.3. The Kier molecular flexibility index (Phi) is 7.64. The van der Waals surface area contributed by atoms with Crippen LogP contribution in [0.5, 0.6) is 0 Å². The Balaban J connectivity index is 2.82. The van der Waals surface area contributed by atoms with Crippen LogP contribution in [0.3, 0.4) is 0 Å². The summed E-state index contributed by atoms with van der Waals surface area (Å²) < 4.78 is 9.87. The van der Waals surface area contributed by atoms with E-state index in [1.807, 2.05) is 0 Å². The Morgan fingerprint density at radius 1 is 1.24 bits per heavy atom. The Bertz CT molecular complexity index is 354. The summed E-state index contributed by atoms with van der Waals surface area (Å²) in [6.07, 6.45) is 5.95. The third kappa shape index (κ3) is 5.28. The molecule has 0 aliphatic heterocycles. The molecule has 2 amide bonds. The molecule has 0 aromatic carbocycles. The van der Waals surface area contributed by atoms with Crippen molar-refractivity contribution in [1.29, 1.82) is 0 Å². The fraction of sp³-hybridized carbons (Fsp3) is 0.733. The third-order valence-electron chi connectivity index (χ3n) is 3.62. The van der Waals surface area contributed by atoms with Gasteiger partial charge in [-0.2, -0.15) is 0 Å². The number of nitrogens with one attached hydrogen (secondary N) is 1. The van der Waals surface area contributed by atoms with Crippen LogP contribution in [0.1, 0.15) is 46.0 Å². The molecule has 0 bridgehead atoms. The molecular weight excluding hydrogens is 272 g/mol. The lowest BCUT2D eigenvalue weighted by Crippen LogP contribution is -2.54. The van der Waals surface area contributed by atoms with E-state index >= 15 is 0 Å². The molecule has 0 aromatic rings. The lowest BCUT2D eigenvalue weighted by Gasteiger charge is -2.35. The van der Waals surface area contributed by atoms with Crippen molar-refractivity contribution in [3.8, 4) is 0 Å². The number of nitrogens with zero attached hydrogens (tertiary/aromatic N) is 1. The van der Waals surface area contributed by atoms with Crippen molar-refractivity contribution in [3.63, 3.8) is 0 Å². The summed E-state index contributed by atoms with van der Waals surface area (Å²) in [5.74, 6) is 0.280. The second kappa shape index (κ2) is 9.26. The summed E-state index contributed by atoms with van der Waals surface area (Å²) in [5, 5.41) is 1.21. The second-order valence-electron chi connectivity index (χ2n) is 5.03. The SMILES string of the molecule is C=CC(C1CCCCC1)N(NC(=O)OCC)C(=O)OCC. The minimum atomic E-state index is -0.659. The first-order valence-electron chi connectivity index (χ1n) is 7.65. The van der Waals surface area contributed by atoms with E-state index in [0.717, 1.165) is 25.7 Å². The molecule has 0 heterocycles. The van der Waals surface area contributed by atoms with Crippen LogP contribution < -0.4 is 5.43 Å². The molecule has 1 N–H and O–H groups in total. The van der Waals surface area contributed by atoms with Gasteiger partial charge in [0.2, 0.25) is 0 Å². The summed E-state index contributed by atoms with van der Waals surface area (Å²) in [4.78, 5) is 23.8. The quantitative estimate of drug-likeness (QED) is 0.625. The molecule has 6 heteroatoms. The first-order chi connectivity index (χ1) is 10.1. The molecule has 1 rings (SSSR count). The van der Waals surface area contributed by atoms with Gasteiger partial charge >= 0.3 is 12.2 Å². The van der Waals surface area contributed by atoms with Gasteiger partial charge in [0, 0.05) is 0 Å². The van der Waals surface area contributed by atoms with Gasteiger partial charge in [-0.1, -0.05) is 25.3 Å². The van der Waals surface area contributed by atoms with Gasteiger partial charge in [0.1, 0.15) is 0 Å². The molecule has 0 saturated heterocycles. The first-order valence-corrected chi connectivity index (χ1v) is 7.65. The maximum atomic E-state index is 12.1. The van der Waals surface area contributed by atoms with Gasteiger partial charge in [-0.05, 0) is 32.6 Å². The van der Waals surface area contributed by atoms with E-state index in [2.05, 4.69) is 12.0 Å². The van der Waals surface area contributed by atoms with Crippen LogP contribution in [-0.2, 0) is 9.47 Å². The highest BCUT2D eigenvalue weighted by Gasteiger charge is 2.32. The van der Waals surface area contributed by atoms with Crippen molar-refractivity contribution in [2.45, 2.75) is 52.0 Å². The molecule has 1 aliphatic carbocycles. The standard InChI is InChI=1S/C15H26N2O4/c1-4-13(12-10-8-7-9-11-12)17(15(19)21-6-3)16-14(18)20-5-2/h4,12-13H,1,5-11H2,2-3H3,(H,16,18). The number of carbonyl (C=O) groups is 2. The molecule has 6 nitrogen and oxygen atoms in total. The molecule has 1 aliphatic rings. The number of hydrogen-bond acceptors (Lipinski definition) is 4. The fourth-order valence-electron chi connectivity index (χ4n) is 2.68. The highest BCUT2D eigenvalue weighted by atomic mass is 16.6. The fourth-order valence-corrected chi connectivity index (χ4v) is 2.68. The predicted molar refractivity (Wildman–Crippen MR) is 79.6 cm³/mol. The van der Waals surface area contributed by atoms with Crippen molar-refractivity contribution in [2.75, 3.05) is 13.2 Å². The van der Waals surface area contributed by atoms with Gasteiger partial charge in [0.15, 0.2) is 0 Å². The lowest BCUT2D eigenvalue weighted by molar-refractivity contribution is 0.0473. The van der Waals surface area contributed by atoms with Crippen LogP contribution in [0, 0.1) is 5.92 Å². The molecule has 0 aromatic heterocycles. The van der Waals surface area contributed by atoms with Gasteiger partial charge in [-0.25, -0.2) is 20.0 Å². The van der Waals surface area contributed by atoms with Crippen molar-refractivity contribution < 1.29 is 19.1 Å². The van der Waals surface area contributed by atoms with Crippen LogP contribution in [0.2, 0.25) is 0 Å². The van der Waals surface area contributed by atoms with E-state index in [4.69, 9.17) is 9.47 Å². The zero-order valence-electron chi connectivity index (χ0n) is 13.0. The van der Waals surface area contributed by atoms with Crippen molar-refractivity contribution in [3.05, 3.63) is 12.7 Å². The normalized spacial score (nSPS) is 16.7. The molecule has 21 heavy (non-hydrogen) atoms. The summed E-state index contributed by atoms with van der Waals surface area (Å²) in [6.45, 7) is 7.73. The lowest BCUT2D eigenvalue weighted by atomic mass is 9.83. The van der Waals surface area contributed by atoms with Gasteiger partial charge < -0.3 is 9.47 Å². The zero-order chi connectivity index (χ0) is 15.7. The Morgan fingerprint density at radius 2 is 1.86 bits per heavy atom. The van der Waals surface area contributed by atoms with E-state index in [9.17, 15) is 9.59 Å². The number of hydrazine groups is 1. The molecular formula is C15H26N2O4. The van der Waals surface area contributed by atoms with Crippen LogP contribution in [0.15, 0.2) is 12.7 Å². The van der Waals surface area contributed by atoms with Crippen LogP contribution in [-0.4, -0.2) is 36.5 Å². The number of carbonyl (C=O) groups excluding carboxylic acids is 2. The predicted octanol–water partition coefficient (Wildman–Crippen LogP) is 3.24. The van der Waals surface area contributed by atoms with E-state index < -0.39 is 12.2 Å². The van der Waals surface area contributed by atoms with Gasteiger partial charge in [-0.15, -0.1) is 6.58 Å². The van der Waals surface area contributed by atoms with E-state index in [-0.39, 0.29) is 25.2 Å². The number of rotatable bonds is 5. The summed E-state index contributed by atoms with van der Waals surface area (Å²) in [5.41, 5.74) is 2.48. The maximum Gasteiger partial charge on any atom is 0.429 e. The largest absolute Gasteiger partial charge is 0.449 e. The minimum Gasteiger partial charge on any atom is -0.449 e. The summed E-state index contributed by atoms with van der Waals surface area (Å²) in [6, 6.07) is -0.284. The number of ether oxygens (including phenoxy) is 2. The Hall–Kier alpha value is -1.72. The molecule has 1 atom stereocenters. The average Bonchev–Trinajstić information content (AvgIpc) is 2.48. The maximum absolute atomic E-state index is 12.1. The molecule has 0 spiro atoms. The summed E-state index contributed by atoms with van der Waals surface area (Å²) in [7, 11) is 0.